The van der Waals surface area contributed by atoms with Crippen molar-refractivity contribution in [2.45, 2.75) is 13.8 Å². The zero-order valence-electron chi connectivity index (χ0n) is 14.2. The lowest BCUT2D eigenvalue weighted by Crippen LogP contribution is -2.25. The minimum Gasteiger partial charge on any atom is -0.495 e. The number of aromatic amines is 1. The molecule has 2 aromatic heterocycles. The number of aromatic nitrogens is 3. The largest absolute Gasteiger partial charge is 0.495 e. The van der Waals surface area contributed by atoms with Gasteiger partial charge in [-0.05, 0) is 35.6 Å². The fourth-order valence-electron chi connectivity index (χ4n) is 2.99. The van der Waals surface area contributed by atoms with Gasteiger partial charge in [0.2, 0.25) is 5.69 Å². The van der Waals surface area contributed by atoms with Gasteiger partial charge in [0.05, 0.1) is 12.6 Å². The number of benzene rings is 2. The molecule has 6 nitrogen and oxygen atoms in total. The van der Waals surface area contributed by atoms with E-state index in [4.69, 9.17) is 9.37 Å². The van der Waals surface area contributed by atoms with Gasteiger partial charge in [0.25, 0.3) is 5.69 Å². The number of nitrogens with one attached hydrogen (secondary N) is 1. The summed E-state index contributed by atoms with van der Waals surface area (Å²) in [6.07, 6.45) is 0. The summed E-state index contributed by atoms with van der Waals surface area (Å²) in [7, 11) is 1.63. The van der Waals surface area contributed by atoms with E-state index in [1.807, 2.05) is 18.2 Å². The highest BCUT2D eigenvalue weighted by atomic mass is 16.8. The van der Waals surface area contributed by atoms with Crippen molar-refractivity contribution >= 4 is 10.9 Å². The van der Waals surface area contributed by atoms with Gasteiger partial charge >= 0.3 is 0 Å². The molecule has 0 saturated carbocycles. The van der Waals surface area contributed by atoms with Crippen molar-refractivity contribution in [1.82, 2.24) is 10.1 Å². The summed E-state index contributed by atoms with van der Waals surface area (Å²) >= 11 is 0. The van der Waals surface area contributed by atoms with Crippen molar-refractivity contribution in [3.8, 4) is 28.3 Å². The summed E-state index contributed by atoms with van der Waals surface area (Å²) in [4.78, 5) is 3.83. The van der Waals surface area contributed by atoms with Gasteiger partial charge in [-0.25, -0.2) is 0 Å². The predicted octanol–water partition coefficient (Wildman–Crippen LogP) is 3.75. The van der Waals surface area contributed by atoms with Crippen LogP contribution in [0.3, 0.4) is 0 Å². The third-order valence-electron chi connectivity index (χ3n) is 4.42. The number of fused-ring (bicyclic) bond motifs is 1. The van der Waals surface area contributed by atoms with Crippen LogP contribution in [-0.2, 0) is 0 Å². The van der Waals surface area contributed by atoms with Crippen molar-refractivity contribution < 1.29 is 14.3 Å². The summed E-state index contributed by atoms with van der Waals surface area (Å²) in [6, 6.07) is 14.1. The Kier molecular flexibility index (Phi) is 3.46. The third kappa shape index (κ3) is 2.42. The molecule has 6 heteroatoms. The summed E-state index contributed by atoms with van der Waals surface area (Å²) in [5, 5.41) is 16.4. The zero-order chi connectivity index (χ0) is 17.6. The van der Waals surface area contributed by atoms with Crippen LogP contribution in [0.5, 0.6) is 5.75 Å². The van der Waals surface area contributed by atoms with Gasteiger partial charge in [-0.15, -0.1) is 0 Å². The number of methoxy groups -OCH3 is 1. The first-order valence-electron chi connectivity index (χ1n) is 7.92. The van der Waals surface area contributed by atoms with Crippen LogP contribution < -0.4 is 9.64 Å². The second-order valence-corrected chi connectivity index (χ2v) is 6.02. The monoisotopic (exact) mass is 335 g/mol. The van der Waals surface area contributed by atoms with E-state index in [0.717, 1.165) is 33.5 Å². The van der Waals surface area contributed by atoms with E-state index >= 15 is 0 Å². The van der Waals surface area contributed by atoms with Crippen LogP contribution in [0.1, 0.15) is 11.3 Å². The molecule has 0 bridgehead atoms. The third-order valence-corrected chi connectivity index (χ3v) is 4.42. The second-order valence-electron chi connectivity index (χ2n) is 6.02. The van der Waals surface area contributed by atoms with E-state index in [2.05, 4.69) is 41.3 Å². The minimum absolute atomic E-state index is 0.416. The highest BCUT2D eigenvalue weighted by molar-refractivity contribution is 6.00. The van der Waals surface area contributed by atoms with Crippen molar-refractivity contribution in [2.24, 2.45) is 0 Å². The van der Waals surface area contributed by atoms with Gasteiger partial charge in [0.15, 0.2) is 0 Å². The van der Waals surface area contributed by atoms with E-state index in [0.29, 0.717) is 16.3 Å². The molecule has 2 heterocycles. The topological polar surface area (TPSA) is 78.0 Å². The predicted molar refractivity (Wildman–Crippen MR) is 94.2 cm³/mol. The van der Waals surface area contributed by atoms with E-state index in [-0.39, 0.29) is 0 Å². The number of rotatable bonds is 3. The second kappa shape index (κ2) is 5.66. The quantitative estimate of drug-likeness (QED) is 0.578. The number of hydrogen-bond acceptors (Lipinski definition) is 4. The Morgan fingerprint density at radius 2 is 1.88 bits per heavy atom. The Morgan fingerprint density at radius 3 is 2.52 bits per heavy atom. The molecule has 0 saturated heterocycles. The van der Waals surface area contributed by atoms with Crippen molar-refractivity contribution in [3.05, 3.63) is 58.9 Å². The molecule has 126 valence electrons. The first-order valence-corrected chi connectivity index (χ1v) is 7.92. The van der Waals surface area contributed by atoms with Crippen molar-refractivity contribution in [1.29, 1.82) is 0 Å². The lowest BCUT2D eigenvalue weighted by atomic mass is 10.0. The first-order chi connectivity index (χ1) is 12.1. The number of hydrogen-bond donors (Lipinski definition) is 1. The maximum absolute atomic E-state index is 11.6. The Hall–Kier alpha value is -3.28. The summed E-state index contributed by atoms with van der Waals surface area (Å²) in [5.74, 6) is 0.730. The Labute approximate surface area is 144 Å². The Balaban J connectivity index is 1.96. The average Bonchev–Trinajstić information content (AvgIpc) is 3.20. The highest BCUT2D eigenvalue weighted by Gasteiger charge is 2.21. The molecule has 4 aromatic rings. The fraction of sp³-hybridized carbons (Fsp3) is 0.158. The SMILES string of the molecule is COc1ccc(-c2no[n+]([O-])c2C)c2cc(-c3ccc(C)cc3)[nH]c12. The van der Waals surface area contributed by atoms with Crippen molar-refractivity contribution in [2.75, 3.05) is 7.11 Å². The Morgan fingerprint density at radius 1 is 1.12 bits per heavy atom. The number of aryl methyl sites for hydroxylation is 1. The van der Waals surface area contributed by atoms with E-state index in [9.17, 15) is 5.21 Å². The van der Waals surface area contributed by atoms with Crippen LogP contribution in [0.15, 0.2) is 47.1 Å². The lowest BCUT2D eigenvalue weighted by molar-refractivity contribution is -0.806. The van der Waals surface area contributed by atoms with Crippen LogP contribution in [0.2, 0.25) is 0 Å². The molecular formula is C19H17N3O3. The van der Waals surface area contributed by atoms with Crippen LogP contribution in [0, 0.1) is 19.1 Å². The van der Waals surface area contributed by atoms with Gasteiger partial charge in [0.1, 0.15) is 5.75 Å². The fourth-order valence-corrected chi connectivity index (χ4v) is 2.99. The molecule has 4 rings (SSSR count). The molecule has 25 heavy (non-hydrogen) atoms. The van der Waals surface area contributed by atoms with Gasteiger partial charge in [-0.2, -0.15) is 0 Å². The normalized spacial score (nSPS) is 11.2. The molecular weight excluding hydrogens is 318 g/mol. The van der Waals surface area contributed by atoms with E-state index in [1.54, 1.807) is 14.0 Å². The number of H-pyrrole nitrogens is 1. The Bertz CT molecular complexity index is 1060. The minimum atomic E-state index is 0.416. The van der Waals surface area contributed by atoms with Crippen LogP contribution >= 0.6 is 0 Å². The van der Waals surface area contributed by atoms with Crippen LogP contribution in [0.4, 0.5) is 0 Å². The van der Waals surface area contributed by atoms with Gasteiger partial charge < -0.3 is 14.9 Å². The standard InChI is InChI=1S/C19H17N3O3/c1-11-4-6-13(7-5-11)16-10-15-14(18-12(2)22(23)25-21-18)8-9-17(24-3)19(15)20-16/h4-10,20H,1-3H3. The molecule has 2 aromatic carbocycles. The van der Waals surface area contributed by atoms with Crippen LogP contribution in [-0.4, -0.2) is 17.3 Å². The molecule has 0 radical (unpaired) electrons. The maximum atomic E-state index is 11.6. The highest BCUT2D eigenvalue weighted by Crippen LogP contribution is 2.37. The van der Waals surface area contributed by atoms with Crippen molar-refractivity contribution in [3.63, 3.8) is 0 Å². The first kappa shape index (κ1) is 15.3. The molecule has 0 unspecified atom stereocenters. The molecule has 0 fully saturated rings. The zero-order valence-corrected chi connectivity index (χ0v) is 14.2. The lowest BCUT2D eigenvalue weighted by Gasteiger charge is -2.03. The van der Waals surface area contributed by atoms with E-state index in [1.165, 1.54) is 5.56 Å². The molecule has 1 N–H and O–H groups in total. The summed E-state index contributed by atoms with van der Waals surface area (Å²) < 4.78 is 10.2. The van der Waals surface area contributed by atoms with Crippen LogP contribution in [0.25, 0.3) is 33.4 Å². The summed E-state index contributed by atoms with van der Waals surface area (Å²) in [6.45, 7) is 3.74. The van der Waals surface area contributed by atoms with Gasteiger partial charge in [-0.3, -0.25) is 4.63 Å². The van der Waals surface area contributed by atoms with E-state index < -0.39 is 0 Å². The molecule has 0 aliphatic rings. The number of ether oxygens (including phenoxy) is 1. The molecule has 0 aliphatic carbocycles. The summed E-state index contributed by atoms with van der Waals surface area (Å²) in [5.41, 5.74) is 5.87. The molecule has 0 amide bonds. The van der Waals surface area contributed by atoms with Gasteiger partial charge in [0, 0.05) is 28.7 Å². The number of nitrogens with zero attached hydrogens (tertiary/aromatic N) is 2. The molecule has 0 aliphatic heterocycles. The smallest absolute Gasteiger partial charge is 0.251 e. The maximum Gasteiger partial charge on any atom is 0.251 e. The average molecular weight is 335 g/mol. The molecule has 0 atom stereocenters. The van der Waals surface area contributed by atoms with Gasteiger partial charge in [-0.1, -0.05) is 29.8 Å². The molecule has 0 spiro atoms.